The van der Waals surface area contributed by atoms with Gasteiger partial charge in [0, 0.05) is 6.54 Å². The molecule has 1 aliphatic rings. The first-order valence-corrected chi connectivity index (χ1v) is 7.48. The van der Waals surface area contributed by atoms with E-state index in [0.29, 0.717) is 12.3 Å². The zero-order valence-electron chi connectivity index (χ0n) is 13.0. The van der Waals surface area contributed by atoms with E-state index in [9.17, 15) is 14.7 Å². The van der Waals surface area contributed by atoms with Gasteiger partial charge in [0.2, 0.25) is 5.91 Å². The van der Waals surface area contributed by atoms with Crippen molar-refractivity contribution >= 4 is 11.9 Å². The van der Waals surface area contributed by atoms with Gasteiger partial charge in [0.15, 0.2) is 0 Å². The minimum Gasteiger partial charge on any atom is -0.481 e. The van der Waals surface area contributed by atoms with Crippen molar-refractivity contribution in [2.45, 2.75) is 53.0 Å². The molecule has 1 fully saturated rings. The maximum absolute atomic E-state index is 12.3. The molecule has 0 radical (unpaired) electrons. The van der Waals surface area contributed by atoms with Crippen molar-refractivity contribution < 1.29 is 14.7 Å². The zero-order valence-corrected chi connectivity index (χ0v) is 13.0. The summed E-state index contributed by atoms with van der Waals surface area (Å²) >= 11 is 0. The van der Waals surface area contributed by atoms with E-state index in [-0.39, 0.29) is 23.9 Å². The monoisotopic (exact) mass is 284 g/mol. The molecule has 0 aromatic heterocycles. The summed E-state index contributed by atoms with van der Waals surface area (Å²) in [4.78, 5) is 23.4. The number of amides is 1. The summed E-state index contributed by atoms with van der Waals surface area (Å²) in [5, 5.41) is 15.2. The van der Waals surface area contributed by atoms with E-state index in [2.05, 4.69) is 24.5 Å². The van der Waals surface area contributed by atoms with Gasteiger partial charge >= 0.3 is 5.97 Å². The molecule has 20 heavy (non-hydrogen) atoms. The van der Waals surface area contributed by atoms with Crippen LogP contribution in [-0.2, 0) is 9.59 Å². The minimum absolute atomic E-state index is 0.0790. The summed E-state index contributed by atoms with van der Waals surface area (Å²) in [6.45, 7) is 9.18. The number of piperidine rings is 1. The van der Waals surface area contributed by atoms with Crippen LogP contribution in [0.15, 0.2) is 0 Å². The van der Waals surface area contributed by atoms with Crippen LogP contribution in [0.2, 0.25) is 0 Å². The van der Waals surface area contributed by atoms with E-state index < -0.39 is 11.9 Å². The average molecular weight is 284 g/mol. The summed E-state index contributed by atoms with van der Waals surface area (Å²) < 4.78 is 0. The summed E-state index contributed by atoms with van der Waals surface area (Å²) in [5.74, 6) is -1.12. The largest absolute Gasteiger partial charge is 0.481 e. The van der Waals surface area contributed by atoms with Gasteiger partial charge in [-0.1, -0.05) is 27.7 Å². The molecular weight excluding hydrogens is 256 g/mol. The third-order valence-electron chi connectivity index (χ3n) is 4.02. The Kier molecular flexibility index (Phi) is 5.99. The molecule has 1 saturated heterocycles. The highest BCUT2D eigenvalue weighted by Gasteiger charge is 2.37. The molecule has 1 aliphatic heterocycles. The van der Waals surface area contributed by atoms with E-state index in [1.165, 1.54) is 0 Å². The van der Waals surface area contributed by atoms with E-state index in [0.717, 1.165) is 19.4 Å². The summed E-state index contributed by atoms with van der Waals surface area (Å²) in [6.07, 6.45) is 2.66. The normalized spacial score (nSPS) is 23.4. The Morgan fingerprint density at radius 3 is 2.55 bits per heavy atom. The lowest BCUT2D eigenvalue weighted by atomic mass is 9.77. The standard InChI is InChI=1S/C15H28N2O3/c1-10(2)8-11(14(19)20)9-17-13(18)12-15(3,4)6-5-7-16-12/h10-12,16H,5-9H2,1-4H3,(H,17,18)(H,19,20). The number of hydrogen-bond acceptors (Lipinski definition) is 3. The van der Waals surface area contributed by atoms with Gasteiger partial charge < -0.3 is 15.7 Å². The molecule has 0 spiro atoms. The second-order valence-electron chi connectivity index (χ2n) is 6.89. The number of carboxylic acid groups (broad SMARTS) is 1. The molecule has 1 rings (SSSR count). The lowest BCUT2D eigenvalue weighted by molar-refractivity contribution is -0.142. The van der Waals surface area contributed by atoms with Gasteiger partial charge in [-0.25, -0.2) is 0 Å². The maximum atomic E-state index is 12.3. The number of hydrogen-bond donors (Lipinski definition) is 3. The fourth-order valence-electron chi connectivity index (χ4n) is 2.82. The van der Waals surface area contributed by atoms with Gasteiger partial charge in [0.05, 0.1) is 12.0 Å². The third kappa shape index (κ3) is 4.78. The van der Waals surface area contributed by atoms with Crippen LogP contribution >= 0.6 is 0 Å². The van der Waals surface area contributed by atoms with Crippen LogP contribution in [-0.4, -0.2) is 36.1 Å². The number of rotatable bonds is 6. The number of nitrogens with one attached hydrogen (secondary N) is 2. The molecule has 0 aromatic carbocycles. The summed E-state index contributed by atoms with van der Waals surface area (Å²) in [5.41, 5.74) is -0.0842. The summed E-state index contributed by atoms with van der Waals surface area (Å²) in [6, 6.07) is -0.232. The van der Waals surface area contributed by atoms with Crippen LogP contribution in [0.5, 0.6) is 0 Å². The molecule has 5 heteroatoms. The molecule has 0 aliphatic carbocycles. The molecule has 3 N–H and O–H groups in total. The van der Waals surface area contributed by atoms with E-state index >= 15 is 0 Å². The van der Waals surface area contributed by atoms with Crippen molar-refractivity contribution in [1.29, 1.82) is 0 Å². The smallest absolute Gasteiger partial charge is 0.308 e. The van der Waals surface area contributed by atoms with Gasteiger partial charge in [-0.15, -0.1) is 0 Å². The van der Waals surface area contributed by atoms with E-state index in [1.807, 2.05) is 13.8 Å². The van der Waals surface area contributed by atoms with Crippen LogP contribution in [0.1, 0.15) is 47.0 Å². The van der Waals surface area contributed by atoms with Crippen molar-refractivity contribution in [2.75, 3.05) is 13.1 Å². The second-order valence-corrected chi connectivity index (χ2v) is 6.89. The van der Waals surface area contributed by atoms with Crippen LogP contribution in [0.3, 0.4) is 0 Å². The van der Waals surface area contributed by atoms with Gasteiger partial charge in [-0.05, 0) is 37.1 Å². The van der Waals surface area contributed by atoms with Crippen molar-refractivity contribution in [3.63, 3.8) is 0 Å². The Labute approximate surface area is 121 Å². The van der Waals surface area contributed by atoms with Crippen LogP contribution in [0.25, 0.3) is 0 Å². The number of carboxylic acids is 1. The molecule has 0 bridgehead atoms. The molecule has 1 heterocycles. The zero-order chi connectivity index (χ0) is 15.3. The van der Waals surface area contributed by atoms with Crippen molar-refractivity contribution in [1.82, 2.24) is 10.6 Å². The topological polar surface area (TPSA) is 78.4 Å². The Balaban J connectivity index is 2.54. The first kappa shape index (κ1) is 17.0. The predicted octanol–water partition coefficient (Wildman–Crippen LogP) is 1.63. The maximum Gasteiger partial charge on any atom is 0.308 e. The fraction of sp³-hybridized carbons (Fsp3) is 0.867. The molecular formula is C15H28N2O3. The van der Waals surface area contributed by atoms with Crippen LogP contribution in [0, 0.1) is 17.3 Å². The van der Waals surface area contributed by atoms with Gasteiger partial charge in [0.1, 0.15) is 0 Å². The van der Waals surface area contributed by atoms with Crippen molar-refractivity contribution in [3.8, 4) is 0 Å². The lowest BCUT2D eigenvalue weighted by Crippen LogP contribution is -2.56. The van der Waals surface area contributed by atoms with Gasteiger partial charge in [-0.3, -0.25) is 9.59 Å². The fourth-order valence-corrected chi connectivity index (χ4v) is 2.82. The van der Waals surface area contributed by atoms with Crippen LogP contribution < -0.4 is 10.6 Å². The molecule has 2 atom stereocenters. The van der Waals surface area contributed by atoms with Gasteiger partial charge in [0.25, 0.3) is 0 Å². The molecule has 116 valence electrons. The van der Waals surface area contributed by atoms with Crippen LogP contribution in [0.4, 0.5) is 0 Å². The molecule has 2 unspecified atom stereocenters. The Morgan fingerprint density at radius 1 is 1.40 bits per heavy atom. The highest BCUT2D eigenvalue weighted by molar-refractivity contribution is 5.83. The number of carbonyl (C=O) groups is 2. The van der Waals surface area contributed by atoms with Gasteiger partial charge in [-0.2, -0.15) is 0 Å². The molecule has 0 aromatic rings. The quantitative estimate of drug-likeness (QED) is 0.692. The molecule has 0 saturated carbocycles. The molecule has 1 amide bonds. The third-order valence-corrected chi connectivity index (χ3v) is 4.02. The lowest BCUT2D eigenvalue weighted by Gasteiger charge is -2.38. The van der Waals surface area contributed by atoms with Crippen molar-refractivity contribution in [2.24, 2.45) is 17.3 Å². The highest BCUT2D eigenvalue weighted by Crippen LogP contribution is 2.30. The number of carbonyl (C=O) groups excluding carboxylic acids is 1. The first-order valence-electron chi connectivity index (χ1n) is 7.48. The minimum atomic E-state index is -0.838. The Hall–Kier alpha value is -1.10. The SMILES string of the molecule is CC(C)CC(CNC(=O)C1NCCCC1(C)C)C(=O)O. The van der Waals surface area contributed by atoms with Crippen molar-refractivity contribution in [3.05, 3.63) is 0 Å². The average Bonchev–Trinajstić information content (AvgIpc) is 2.32. The predicted molar refractivity (Wildman–Crippen MR) is 78.4 cm³/mol. The number of aliphatic carboxylic acids is 1. The van der Waals surface area contributed by atoms with E-state index in [1.54, 1.807) is 0 Å². The second kappa shape index (κ2) is 7.07. The Morgan fingerprint density at radius 2 is 2.05 bits per heavy atom. The molecule has 5 nitrogen and oxygen atoms in total. The summed E-state index contributed by atoms with van der Waals surface area (Å²) in [7, 11) is 0. The Bertz CT molecular complexity index is 353. The van der Waals surface area contributed by atoms with E-state index in [4.69, 9.17) is 0 Å². The highest BCUT2D eigenvalue weighted by atomic mass is 16.4. The first-order chi connectivity index (χ1) is 9.24.